The van der Waals surface area contributed by atoms with Crippen LogP contribution in [0.15, 0.2) is 0 Å². The average molecular weight is 240 g/mol. The molecule has 1 amide bonds. The first kappa shape index (κ1) is 14.5. The molecule has 1 rings (SSSR count). The maximum Gasteiger partial charge on any atom is 0.224 e. The lowest BCUT2D eigenvalue weighted by molar-refractivity contribution is -0.127. The van der Waals surface area contributed by atoms with Crippen LogP contribution in [0.2, 0.25) is 0 Å². The lowest BCUT2D eigenvalue weighted by Gasteiger charge is -2.31. The second-order valence-corrected chi connectivity index (χ2v) is 6.79. The van der Waals surface area contributed by atoms with Crippen LogP contribution < -0.4 is 11.1 Å². The van der Waals surface area contributed by atoms with E-state index in [1.165, 1.54) is 0 Å². The molecule has 1 saturated carbocycles. The van der Waals surface area contributed by atoms with Gasteiger partial charge in [0, 0.05) is 12.6 Å². The van der Waals surface area contributed by atoms with E-state index in [9.17, 15) is 4.79 Å². The van der Waals surface area contributed by atoms with E-state index in [-0.39, 0.29) is 23.3 Å². The molecule has 0 aromatic rings. The minimum atomic E-state index is 0.0266. The molecule has 0 heterocycles. The van der Waals surface area contributed by atoms with Gasteiger partial charge in [-0.15, -0.1) is 0 Å². The van der Waals surface area contributed by atoms with E-state index in [1.54, 1.807) is 0 Å². The molecule has 100 valence electrons. The van der Waals surface area contributed by atoms with Crippen LogP contribution >= 0.6 is 0 Å². The van der Waals surface area contributed by atoms with Crippen LogP contribution in [-0.2, 0) is 4.79 Å². The molecule has 3 heteroatoms. The minimum absolute atomic E-state index is 0.0266. The molecule has 0 bridgehead atoms. The molecule has 0 radical (unpaired) electrons. The van der Waals surface area contributed by atoms with Crippen LogP contribution in [0, 0.1) is 17.3 Å². The molecule has 1 fully saturated rings. The van der Waals surface area contributed by atoms with Crippen molar-refractivity contribution in [3.05, 3.63) is 0 Å². The Morgan fingerprint density at radius 2 is 2.00 bits per heavy atom. The van der Waals surface area contributed by atoms with Gasteiger partial charge in [0.15, 0.2) is 0 Å². The molecule has 3 N–H and O–H groups in total. The smallest absolute Gasteiger partial charge is 0.224 e. The maximum absolute atomic E-state index is 12.0. The average Bonchev–Trinajstić information content (AvgIpc) is 2.19. The monoisotopic (exact) mass is 240 g/mol. The fourth-order valence-corrected chi connectivity index (χ4v) is 2.40. The normalized spacial score (nSPS) is 30.1. The van der Waals surface area contributed by atoms with Gasteiger partial charge in [0.05, 0.1) is 5.92 Å². The first-order valence-electron chi connectivity index (χ1n) is 6.83. The largest absolute Gasteiger partial charge is 0.356 e. The van der Waals surface area contributed by atoms with Crippen molar-refractivity contribution in [2.24, 2.45) is 23.0 Å². The molecule has 17 heavy (non-hydrogen) atoms. The first-order valence-corrected chi connectivity index (χ1v) is 6.83. The molecule has 3 unspecified atom stereocenters. The van der Waals surface area contributed by atoms with E-state index in [0.29, 0.717) is 5.92 Å². The van der Waals surface area contributed by atoms with Crippen molar-refractivity contribution in [1.82, 2.24) is 5.32 Å². The third kappa shape index (κ3) is 5.07. The van der Waals surface area contributed by atoms with Crippen LogP contribution in [0.5, 0.6) is 0 Å². The van der Waals surface area contributed by atoms with Gasteiger partial charge in [-0.25, -0.2) is 0 Å². The second kappa shape index (κ2) is 5.85. The minimum Gasteiger partial charge on any atom is -0.356 e. The number of hydrogen-bond donors (Lipinski definition) is 2. The summed E-state index contributed by atoms with van der Waals surface area (Å²) in [6, 6.07) is 0.0563. The van der Waals surface area contributed by atoms with Gasteiger partial charge in [0.2, 0.25) is 5.91 Å². The molecule has 1 aliphatic rings. The lowest BCUT2D eigenvalue weighted by atomic mass is 9.78. The number of nitrogens with two attached hydrogens (primary N) is 1. The fourth-order valence-electron chi connectivity index (χ4n) is 2.40. The predicted molar refractivity (Wildman–Crippen MR) is 71.6 cm³/mol. The summed E-state index contributed by atoms with van der Waals surface area (Å²) in [6.07, 6.45) is 4.10. The van der Waals surface area contributed by atoms with Crippen molar-refractivity contribution >= 4 is 5.91 Å². The van der Waals surface area contributed by atoms with E-state index in [1.807, 2.05) is 0 Å². The fraction of sp³-hybridized carbons (Fsp3) is 0.929. The lowest BCUT2D eigenvalue weighted by Crippen LogP contribution is -2.45. The zero-order chi connectivity index (χ0) is 13.1. The summed E-state index contributed by atoms with van der Waals surface area (Å²) in [5.74, 6) is 0.820. The maximum atomic E-state index is 12.0. The number of rotatable bonds is 3. The van der Waals surface area contributed by atoms with Crippen molar-refractivity contribution in [3.63, 3.8) is 0 Å². The quantitative estimate of drug-likeness (QED) is 0.795. The molecule has 3 atom stereocenters. The van der Waals surface area contributed by atoms with Gasteiger partial charge in [0.1, 0.15) is 0 Å². The number of carbonyl (C=O) groups is 1. The highest BCUT2D eigenvalue weighted by molar-refractivity contribution is 5.79. The van der Waals surface area contributed by atoms with Crippen molar-refractivity contribution < 1.29 is 4.79 Å². The molecular weight excluding hydrogens is 212 g/mol. The van der Waals surface area contributed by atoms with Crippen molar-refractivity contribution in [2.75, 3.05) is 6.54 Å². The second-order valence-electron chi connectivity index (χ2n) is 6.79. The number of carbonyl (C=O) groups excluding carboxylic acids is 1. The standard InChI is InChI=1S/C14H28N2O/c1-10-5-6-12(15)11(9-10)13(17)16-8-7-14(2,3)4/h10-12H,5-9,15H2,1-4H3,(H,16,17). The van der Waals surface area contributed by atoms with E-state index in [4.69, 9.17) is 5.73 Å². The van der Waals surface area contributed by atoms with Crippen molar-refractivity contribution in [3.8, 4) is 0 Å². The zero-order valence-electron chi connectivity index (χ0n) is 11.8. The summed E-state index contributed by atoms with van der Waals surface area (Å²) in [4.78, 5) is 12.0. The van der Waals surface area contributed by atoms with Gasteiger partial charge in [-0.3, -0.25) is 4.79 Å². The van der Waals surface area contributed by atoms with Crippen molar-refractivity contribution in [2.45, 2.75) is 59.4 Å². The van der Waals surface area contributed by atoms with E-state index in [0.717, 1.165) is 32.2 Å². The summed E-state index contributed by atoms with van der Waals surface area (Å²) >= 11 is 0. The Hall–Kier alpha value is -0.570. The van der Waals surface area contributed by atoms with Crippen LogP contribution in [0.25, 0.3) is 0 Å². The Morgan fingerprint density at radius 1 is 1.35 bits per heavy atom. The van der Waals surface area contributed by atoms with Gasteiger partial charge in [0.25, 0.3) is 0 Å². The van der Waals surface area contributed by atoms with Crippen molar-refractivity contribution in [1.29, 1.82) is 0 Å². The highest BCUT2D eigenvalue weighted by Gasteiger charge is 2.31. The third-order valence-electron chi connectivity index (χ3n) is 3.68. The predicted octanol–water partition coefficient (Wildman–Crippen LogP) is 2.30. The molecule has 0 aromatic heterocycles. The SMILES string of the molecule is CC1CCC(N)C(C(=O)NCCC(C)(C)C)C1. The number of amides is 1. The Morgan fingerprint density at radius 3 is 2.59 bits per heavy atom. The molecule has 0 spiro atoms. The molecule has 0 aliphatic heterocycles. The molecule has 0 aromatic carbocycles. The van der Waals surface area contributed by atoms with Gasteiger partial charge >= 0.3 is 0 Å². The van der Waals surface area contributed by atoms with Gasteiger partial charge in [-0.2, -0.15) is 0 Å². The van der Waals surface area contributed by atoms with Gasteiger partial charge in [-0.1, -0.05) is 27.7 Å². The summed E-state index contributed by atoms with van der Waals surface area (Å²) in [6.45, 7) is 9.54. The Balaban J connectivity index is 2.36. The van der Waals surface area contributed by atoms with E-state index in [2.05, 4.69) is 33.0 Å². The molecule has 3 nitrogen and oxygen atoms in total. The Labute approximate surface area is 106 Å². The van der Waals surface area contributed by atoms with Gasteiger partial charge < -0.3 is 11.1 Å². The zero-order valence-corrected chi connectivity index (χ0v) is 11.8. The summed E-state index contributed by atoms with van der Waals surface area (Å²) in [5, 5.41) is 3.04. The number of hydrogen-bond acceptors (Lipinski definition) is 2. The van der Waals surface area contributed by atoms with E-state index < -0.39 is 0 Å². The van der Waals surface area contributed by atoms with Crippen LogP contribution in [0.4, 0.5) is 0 Å². The van der Waals surface area contributed by atoms with Gasteiger partial charge in [-0.05, 0) is 37.0 Å². The van der Waals surface area contributed by atoms with E-state index >= 15 is 0 Å². The summed E-state index contributed by atoms with van der Waals surface area (Å²) in [7, 11) is 0. The highest BCUT2D eigenvalue weighted by Crippen LogP contribution is 2.28. The van der Waals surface area contributed by atoms with Crippen LogP contribution in [-0.4, -0.2) is 18.5 Å². The molecule has 1 aliphatic carbocycles. The highest BCUT2D eigenvalue weighted by atomic mass is 16.1. The topological polar surface area (TPSA) is 55.1 Å². The molecule has 0 saturated heterocycles. The number of nitrogens with one attached hydrogen (secondary N) is 1. The summed E-state index contributed by atoms with van der Waals surface area (Å²) < 4.78 is 0. The first-order chi connectivity index (χ1) is 7.79. The molecular formula is C14H28N2O. The Kier molecular flexibility index (Phi) is 4.99. The summed E-state index contributed by atoms with van der Waals surface area (Å²) in [5.41, 5.74) is 6.31. The van der Waals surface area contributed by atoms with Crippen LogP contribution in [0.1, 0.15) is 53.4 Å². The van der Waals surface area contributed by atoms with Crippen LogP contribution in [0.3, 0.4) is 0 Å². The Bertz CT molecular complexity index is 257. The third-order valence-corrected chi connectivity index (χ3v) is 3.68.